The Labute approximate surface area is 119 Å². The topological polar surface area (TPSA) is 71.5 Å². The van der Waals surface area contributed by atoms with Crippen molar-refractivity contribution >= 4 is 11.8 Å². The molecule has 0 radical (unpaired) electrons. The first-order valence-electron chi connectivity index (χ1n) is 7.11. The highest BCUT2D eigenvalue weighted by atomic mass is 16.5. The Morgan fingerprint density at radius 2 is 2.20 bits per heavy atom. The lowest BCUT2D eigenvalue weighted by Gasteiger charge is -2.21. The van der Waals surface area contributed by atoms with E-state index in [-0.39, 0.29) is 23.6 Å². The van der Waals surface area contributed by atoms with Gasteiger partial charge in [-0.05, 0) is 37.8 Å². The second-order valence-corrected chi connectivity index (χ2v) is 5.61. The summed E-state index contributed by atoms with van der Waals surface area (Å²) in [7, 11) is 0. The maximum absolute atomic E-state index is 11.2. The summed E-state index contributed by atoms with van der Waals surface area (Å²) in [4.78, 5) is 15.7. The molecule has 0 bridgehead atoms. The van der Waals surface area contributed by atoms with Gasteiger partial charge in [0.25, 0.3) is 0 Å². The average Bonchev–Trinajstić information content (AvgIpc) is 2.92. The number of rotatable bonds is 5. The SMILES string of the molecule is CC(C)c1cc(C(=O)O)cc(NC(C)C2CCCO2)n1. The van der Waals surface area contributed by atoms with Crippen LogP contribution in [0.3, 0.4) is 0 Å². The third-order valence-electron chi connectivity index (χ3n) is 3.58. The van der Waals surface area contributed by atoms with E-state index < -0.39 is 5.97 Å². The van der Waals surface area contributed by atoms with E-state index in [0.29, 0.717) is 5.82 Å². The van der Waals surface area contributed by atoms with Gasteiger partial charge >= 0.3 is 5.97 Å². The Morgan fingerprint density at radius 1 is 1.45 bits per heavy atom. The Balaban J connectivity index is 2.19. The zero-order valence-corrected chi connectivity index (χ0v) is 12.2. The van der Waals surface area contributed by atoms with Gasteiger partial charge < -0.3 is 15.2 Å². The number of hydrogen-bond acceptors (Lipinski definition) is 4. The number of carboxylic acid groups (broad SMARTS) is 1. The van der Waals surface area contributed by atoms with Gasteiger partial charge in [0.1, 0.15) is 5.82 Å². The van der Waals surface area contributed by atoms with Crippen molar-refractivity contribution in [2.24, 2.45) is 0 Å². The number of hydrogen-bond donors (Lipinski definition) is 2. The molecule has 1 fully saturated rings. The second kappa shape index (κ2) is 6.22. The normalized spacial score (nSPS) is 20.1. The van der Waals surface area contributed by atoms with E-state index in [4.69, 9.17) is 4.74 Å². The van der Waals surface area contributed by atoms with Gasteiger partial charge in [0.15, 0.2) is 0 Å². The number of pyridine rings is 1. The Kier molecular flexibility index (Phi) is 4.60. The van der Waals surface area contributed by atoms with Gasteiger partial charge in [-0.1, -0.05) is 13.8 Å². The molecular weight excluding hydrogens is 256 g/mol. The number of aromatic carboxylic acids is 1. The minimum Gasteiger partial charge on any atom is -0.478 e. The molecule has 0 spiro atoms. The van der Waals surface area contributed by atoms with Crippen LogP contribution in [0.2, 0.25) is 0 Å². The highest BCUT2D eigenvalue weighted by Crippen LogP contribution is 2.21. The molecule has 1 aliphatic rings. The Hall–Kier alpha value is -1.62. The molecule has 1 aromatic rings. The summed E-state index contributed by atoms with van der Waals surface area (Å²) in [6.07, 6.45) is 2.29. The van der Waals surface area contributed by atoms with Crippen LogP contribution in [0.4, 0.5) is 5.82 Å². The lowest BCUT2D eigenvalue weighted by molar-refractivity contribution is 0.0696. The van der Waals surface area contributed by atoms with Gasteiger partial charge in [0.2, 0.25) is 0 Å². The van der Waals surface area contributed by atoms with Crippen LogP contribution in [0.25, 0.3) is 0 Å². The van der Waals surface area contributed by atoms with Gasteiger partial charge in [-0.3, -0.25) is 0 Å². The number of carboxylic acids is 1. The molecule has 110 valence electrons. The summed E-state index contributed by atoms with van der Waals surface area (Å²) in [6.45, 7) is 6.85. The van der Waals surface area contributed by atoms with Crippen LogP contribution in [0, 0.1) is 0 Å². The van der Waals surface area contributed by atoms with Crippen LogP contribution in [0.1, 0.15) is 55.6 Å². The molecule has 5 nitrogen and oxygen atoms in total. The smallest absolute Gasteiger partial charge is 0.335 e. The lowest BCUT2D eigenvalue weighted by Crippen LogP contribution is -2.30. The summed E-state index contributed by atoms with van der Waals surface area (Å²) in [5.74, 6) is -0.133. The molecular formula is C15H22N2O3. The fourth-order valence-corrected chi connectivity index (χ4v) is 2.37. The predicted molar refractivity (Wildman–Crippen MR) is 77.3 cm³/mol. The largest absolute Gasteiger partial charge is 0.478 e. The molecule has 5 heteroatoms. The molecule has 2 rings (SSSR count). The third kappa shape index (κ3) is 3.48. The number of carbonyl (C=O) groups is 1. The summed E-state index contributed by atoms with van der Waals surface area (Å²) >= 11 is 0. The molecule has 2 N–H and O–H groups in total. The van der Waals surface area contributed by atoms with Crippen molar-refractivity contribution in [2.75, 3.05) is 11.9 Å². The Morgan fingerprint density at radius 3 is 2.75 bits per heavy atom. The lowest BCUT2D eigenvalue weighted by atomic mass is 10.1. The molecule has 0 saturated carbocycles. The number of nitrogens with zero attached hydrogens (tertiary/aromatic N) is 1. The monoisotopic (exact) mass is 278 g/mol. The van der Waals surface area contributed by atoms with Crippen molar-refractivity contribution in [1.29, 1.82) is 0 Å². The third-order valence-corrected chi connectivity index (χ3v) is 3.58. The van der Waals surface area contributed by atoms with Crippen molar-refractivity contribution in [2.45, 2.75) is 51.7 Å². The van der Waals surface area contributed by atoms with Crippen LogP contribution in [-0.4, -0.2) is 34.8 Å². The van der Waals surface area contributed by atoms with Gasteiger partial charge in [0, 0.05) is 12.3 Å². The van der Waals surface area contributed by atoms with Crippen molar-refractivity contribution in [3.63, 3.8) is 0 Å². The highest BCUT2D eigenvalue weighted by Gasteiger charge is 2.23. The first kappa shape index (κ1) is 14.8. The number of aromatic nitrogens is 1. The minimum atomic E-state index is -0.929. The molecule has 0 aliphatic carbocycles. The molecule has 0 aromatic carbocycles. The zero-order chi connectivity index (χ0) is 14.7. The zero-order valence-electron chi connectivity index (χ0n) is 12.2. The Bertz CT molecular complexity index is 482. The van der Waals surface area contributed by atoms with Gasteiger partial charge in [-0.2, -0.15) is 0 Å². The number of anilines is 1. The molecule has 1 saturated heterocycles. The van der Waals surface area contributed by atoms with Crippen LogP contribution in [0.5, 0.6) is 0 Å². The molecule has 2 heterocycles. The van der Waals surface area contributed by atoms with E-state index in [1.165, 1.54) is 0 Å². The fourth-order valence-electron chi connectivity index (χ4n) is 2.37. The first-order valence-corrected chi connectivity index (χ1v) is 7.11. The first-order chi connectivity index (χ1) is 9.47. The highest BCUT2D eigenvalue weighted by molar-refractivity contribution is 5.88. The van der Waals surface area contributed by atoms with E-state index in [2.05, 4.69) is 10.3 Å². The van der Waals surface area contributed by atoms with Crippen molar-refractivity contribution in [3.05, 3.63) is 23.4 Å². The van der Waals surface area contributed by atoms with E-state index in [0.717, 1.165) is 25.1 Å². The molecule has 2 atom stereocenters. The van der Waals surface area contributed by atoms with Crippen LogP contribution in [0.15, 0.2) is 12.1 Å². The van der Waals surface area contributed by atoms with Crippen molar-refractivity contribution in [1.82, 2.24) is 4.98 Å². The average molecular weight is 278 g/mol. The molecule has 20 heavy (non-hydrogen) atoms. The van der Waals surface area contributed by atoms with Gasteiger partial charge in [0.05, 0.1) is 17.7 Å². The van der Waals surface area contributed by atoms with Crippen LogP contribution < -0.4 is 5.32 Å². The standard InChI is InChI=1S/C15H22N2O3/c1-9(2)12-7-11(15(18)19)8-14(17-12)16-10(3)13-5-4-6-20-13/h7-10,13H,4-6H2,1-3H3,(H,16,17)(H,18,19). The van der Waals surface area contributed by atoms with E-state index >= 15 is 0 Å². The number of ether oxygens (including phenoxy) is 1. The number of nitrogens with one attached hydrogen (secondary N) is 1. The minimum absolute atomic E-state index is 0.119. The molecule has 1 aliphatic heterocycles. The maximum Gasteiger partial charge on any atom is 0.335 e. The fraction of sp³-hybridized carbons (Fsp3) is 0.600. The van der Waals surface area contributed by atoms with Crippen LogP contribution >= 0.6 is 0 Å². The van der Waals surface area contributed by atoms with Crippen LogP contribution in [-0.2, 0) is 4.74 Å². The van der Waals surface area contributed by atoms with Gasteiger partial charge in [-0.25, -0.2) is 9.78 Å². The quantitative estimate of drug-likeness (QED) is 0.866. The second-order valence-electron chi connectivity index (χ2n) is 5.61. The maximum atomic E-state index is 11.2. The summed E-state index contributed by atoms with van der Waals surface area (Å²) in [5.41, 5.74) is 1.05. The summed E-state index contributed by atoms with van der Waals surface area (Å²) < 4.78 is 5.64. The van der Waals surface area contributed by atoms with Crippen molar-refractivity contribution < 1.29 is 14.6 Å². The van der Waals surface area contributed by atoms with E-state index in [1.54, 1.807) is 12.1 Å². The molecule has 0 amide bonds. The summed E-state index contributed by atoms with van der Waals surface area (Å²) in [6, 6.07) is 3.34. The predicted octanol–water partition coefficient (Wildman–Crippen LogP) is 2.88. The molecule has 2 unspecified atom stereocenters. The van der Waals surface area contributed by atoms with Gasteiger partial charge in [-0.15, -0.1) is 0 Å². The van der Waals surface area contributed by atoms with E-state index in [1.807, 2.05) is 20.8 Å². The molecule has 1 aromatic heterocycles. The van der Waals surface area contributed by atoms with Crippen molar-refractivity contribution in [3.8, 4) is 0 Å². The summed E-state index contributed by atoms with van der Waals surface area (Å²) in [5, 5.41) is 12.5. The van der Waals surface area contributed by atoms with E-state index in [9.17, 15) is 9.90 Å².